The van der Waals surface area contributed by atoms with Crippen LogP contribution in [0.1, 0.15) is 11.3 Å². The van der Waals surface area contributed by atoms with Crippen LogP contribution >= 0.6 is 0 Å². The largest absolute Gasteiger partial charge is 0.496 e. The molecule has 0 amide bonds. The van der Waals surface area contributed by atoms with Gasteiger partial charge in [-0.05, 0) is 19.1 Å². The lowest BCUT2D eigenvalue weighted by atomic mass is 10.1. The van der Waals surface area contributed by atoms with Crippen LogP contribution in [0.5, 0.6) is 5.75 Å². The third-order valence-corrected chi connectivity index (χ3v) is 4.20. The molecule has 0 fully saturated rings. The van der Waals surface area contributed by atoms with Gasteiger partial charge in [0.2, 0.25) is 0 Å². The van der Waals surface area contributed by atoms with Gasteiger partial charge >= 0.3 is 0 Å². The third kappa shape index (κ3) is 3.92. The topological polar surface area (TPSA) is 73.6 Å². The van der Waals surface area contributed by atoms with Crippen molar-refractivity contribution < 1.29 is 14.6 Å². The molecule has 1 aromatic heterocycles. The predicted molar refractivity (Wildman–Crippen MR) is 99.4 cm³/mol. The van der Waals surface area contributed by atoms with Crippen molar-refractivity contribution >= 4 is 10.8 Å². The van der Waals surface area contributed by atoms with Gasteiger partial charge in [0.25, 0.3) is 5.56 Å². The minimum absolute atomic E-state index is 0.0798. The quantitative estimate of drug-likeness (QED) is 0.705. The normalized spacial score (nSPS) is 12.3. The fourth-order valence-electron chi connectivity index (χ4n) is 2.91. The molecule has 1 heterocycles. The SMILES string of the molecule is COc1ccccc1COCC(O)Cn1nc(C)c2ccccc2c1=O. The highest BCUT2D eigenvalue weighted by Crippen LogP contribution is 2.18. The number of fused-ring (bicyclic) bond motifs is 1. The Morgan fingerprint density at radius 1 is 1.12 bits per heavy atom. The molecule has 1 atom stereocenters. The summed E-state index contributed by atoms with van der Waals surface area (Å²) >= 11 is 0. The lowest BCUT2D eigenvalue weighted by Gasteiger charge is -2.14. The number of methoxy groups -OCH3 is 1. The second kappa shape index (κ2) is 8.12. The predicted octanol–water partition coefficient (Wildman–Crippen LogP) is 2.29. The van der Waals surface area contributed by atoms with Gasteiger partial charge in [-0.15, -0.1) is 0 Å². The van der Waals surface area contributed by atoms with E-state index in [0.29, 0.717) is 12.0 Å². The van der Waals surface area contributed by atoms with E-state index in [-0.39, 0.29) is 18.7 Å². The highest BCUT2D eigenvalue weighted by atomic mass is 16.5. The number of rotatable bonds is 7. The van der Waals surface area contributed by atoms with Gasteiger partial charge in [-0.2, -0.15) is 5.10 Å². The molecule has 6 nitrogen and oxygen atoms in total. The summed E-state index contributed by atoms with van der Waals surface area (Å²) in [7, 11) is 1.60. The zero-order valence-electron chi connectivity index (χ0n) is 14.9. The number of nitrogens with zero attached hydrogens (tertiary/aromatic N) is 2. The van der Waals surface area contributed by atoms with Gasteiger partial charge in [-0.3, -0.25) is 4.79 Å². The van der Waals surface area contributed by atoms with Crippen molar-refractivity contribution in [2.24, 2.45) is 0 Å². The molecule has 0 aliphatic rings. The average Bonchev–Trinajstić information content (AvgIpc) is 2.66. The molecule has 6 heteroatoms. The highest BCUT2D eigenvalue weighted by molar-refractivity contribution is 5.83. The Hall–Kier alpha value is -2.70. The summed E-state index contributed by atoms with van der Waals surface area (Å²) in [4.78, 5) is 12.5. The molecule has 0 radical (unpaired) electrons. The van der Waals surface area contributed by atoms with Crippen molar-refractivity contribution in [3.05, 3.63) is 70.1 Å². The maximum atomic E-state index is 12.5. The molecule has 0 aliphatic carbocycles. The number of aromatic nitrogens is 2. The van der Waals surface area contributed by atoms with Crippen LogP contribution in [0.3, 0.4) is 0 Å². The first-order valence-electron chi connectivity index (χ1n) is 8.44. The first kappa shape index (κ1) is 18.1. The monoisotopic (exact) mass is 354 g/mol. The molecule has 3 rings (SSSR count). The van der Waals surface area contributed by atoms with Gasteiger partial charge in [0.15, 0.2) is 0 Å². The number of para-hydroxylation sites is 1. The summed E-state index contributed by atoms with van der Waals surface area (Å²) in [5, 5.41) is 16.0. The van der Waals surface area contributed by atoms with E-state index in [0.717, 1.165) is 22.4 Å². The van der Waals surface area contributed by atoms with Crippen LogP contribution in [0.4, 0.5) is 0 Å². The van der Waals surface area contributed by atoms with Crippen LogP contribution < -0.4 is 10.3 Å². The van der Waals surface area contributed by atoms with E-state index < -0.39 is 6.10 Å². The van der Waals surface area contributed by atoms with Crippen molar-refractivity contribution in [1.29, 1.82) is 0 Å². The molecule has 0 aliphatic heterocycles. The molecule has 0 saturated heterocycles. The van der Waals surface area contributed by atoms with Crippen LogP contribution in [0.25, 0.3) is 10.8 Å². The maximum Gasteiger partial charge on any atom is 0.274 e. The zero-order valence-corrected chi connectivity index (χ0v) is 14.9. The van der Waals surface area contributed by atoms with E-state index in [1.807, 2.05) is 49.4 Å². The Bertz CT molecular complexity index is 952. The number of aliphatic hydroxyl groups excluding tert-OH is 1. The van der Waals surface area contributed by atoms with Crippen LogP contribution in [0, 0.1) is 6.92 Å². The van der Waals surface area contributed by atoms with Crippen LogP contribution in [0.15, 0.2) is 53.3 Å². The average molecular weight is 354 g/mol. The molecule has 0 saturated carbocycles. The van der Waals surface area contributed by atoms with Crippen molar-refractivity contribution in [3.8, 4) is 5.75 Å². The smallest absolute Gasteiger partial charge is 0.274 e. The Kier molecular flexibility index (Phi) is 5.65. The van der Waals surface area contributed by atoms with E-state index in [9.17, 15) is 9.90 Å². The van der Waals surface area contributed by atoms with E-state index in [2.05, 4.69) is 5.10 Å². The van der Waals surface area contributed by atoms with Crippen molar-refractivity contribution in [1.82, 2.24) is 9.78 Å². The van der Waals surface area contributed by atoms with Gasteiger partial charge in [-0.25, -0.2) is 4.68 Å². The second-order valence-corrected chi connectivity index (χ2v) is 6.10. The summed E-state index contributed by atoms with van der Waals surface area (Å²) in [6.45, 7) is 2.34. The molecule has 3 aromatic rings. The molecular weight excluding hydrogens is 332 g/mol. The Morgan fingerprint density at radius 3 is 2.58 bits per heavy atom. The number of hydrogen-bond acceptors (Lipinski definition) is 5. The Balaban J connectivity index is 1.65. The molecule has 2 aromatic carbocycles. The minimum atomic E-state index is -0.838. The van der Waals surface area contributed by atoms with Gasteiger partial charge < -0.3 is 14.6 Å². The van der Waals surface area contributed by atoms with Crippen molar-refractivity contribution in [2.45, 2.75) is 26.2 Å². The van der Waals surface area contributed by atoms with E-state index in [1.54, 1.807) is 13.2 Å². The maximum absolute atomic E-state index is 12.5. The number of benzene rings is 2. The number of aliphatic hydroxyl groups is 1. The molecule has 0 bridgehead atoms. The zero-order chi connectivity index (χ0) is 18.5. The fourth-order valence-corrected chi connectivity index (χ4v) is 2.91. The lowest BCUT2D eigenvalue weighted by molar-refractivity contribution is 0.0175. The Labute approximate surface area is 151 Å². The molecule has 1 unspecified atom stereocenters. The standard InChI is InChI=1S/C20H22N2O4/c1-14-17-8-4-5-9-18(17)20(24)22(21-14)11-16(23)13-26-12-15-7-3-6-10-19(15)25-2/h3-10,16,23H,11-13H2,1-2H3. The highest BCUT2D eigenvalue weighted by Gasteiger charge is 2.12. The third-order valence-electron chi connectivity index (χ3n) is 4.20. The first-order chi connectivity index (χ1) is 12.6. The van der Waals surface area contributed by atoms with E-state index in [4.69, 9.17) is 9.47 Å². The molecule has 1 N–H and O–H groups in total. The molecule has 26 heavy (non-hydrogen) atoms. The number of hydrogen-bond donors (Lipinski definition) is 1. The summed E-state index contributed by atoms with van der Waals surface area (Å²) < 4.78 is 12.2. The Morgan fingerprint density at radius 2 is 1.81 bits per heavy atom. The molecule has 136 valence electrons. The number of aryl methyl sites for hydroxylation is 1. The summed E-state index contributed by atoms with van der Waals surface area (Å²) in [6, 6.07) is 14.9. The van der Waals surface area contributed by atoms with Crippen molar-refractivity contribution in [2.75, 3.05) is 13.7 Å². The summed E-state index contributed by atoms with van der Waals surface area (Å²) in [5.41, 5.74) is 1.44. The lowest BCUT2D eigenvalue weighted by Crippen LogP contribution is -2.31. The summed E-state index contributed by atoms with van der Waals surface area (Å²) in [5.74, 6) is 0.741. The second-order valence-electron chi connectivity index (χ2n) is 6.10. The van der Waals surface area contributed by atoms with Gasteiger partial charge in [0.05, 0.1) is 44.1 Å². The van der Waals surface area contributed by atoms with Gasteiger partial charge in [0.1, 0.15) is 5.75 Å². The first-order valence-corrected chi connectivity index (χ1v) is 8.44. The molecule has 0 spiro atoms. The van der Waals surface area contributed by atoms with Crippen LogP contribution in [0.2, 0.25) is 0 Å². The minimum Gasteiger partial charge on any atom is -0.496 e. The summed E-state index contributed by atoms with van der Waals surface area (Å²) in [6.07, 6.45) is -0.838. The van der Waals surface area contributed by atoms with E-state index in [1.165, 1.54) is 4.68 Å². The van der Waals surface area contributed by atoms with Gasteiger partial charge in [-0.1, -0.05) is 36.4 Å². The van der Waals surface area contributed by atoms with Crippen LogP contribution in [-0.4, -0.2) is 34.7 Å². The molecular formula is C20H22N2O4. The van der Waals surface area contributed by atoms with Crippen LogP contribution in [-0.2, 0) is 17.9 Å². The van der Waals surface area contributed by atoms with E-state index >= 15 is 0 Å². The number of ether oxygens (including phenoxy) is 2. The fraction of sp³-hybridized carbons (Fsp3) is 0.300. The van der Waals surface area contributed by atoms with Crippen molar-refractivity contribution in [3.63, 3.8) is 0 Å². The van der Waals surface area contributed by atoms with Gasteiger partial charge in [0, 0.05) is 10.9 Å².